The summed E-state index contributed by atoms with van der Waals surface area (Å²) in [5.41, 5.74) is -0.429. The molecule has 0 aromatic heterocycles. The summed E-state index contributed by atoms with van der Waals surface area (Å²) in [6, 6.07) is 0.556. The standard InChI is InChI=1S/C18H34N2O3/c1-18(2,3)23-17(22)20-11-6-8-15(14-20)16-9-4-5-10-19(16)12-7-13-21/h15-16,21H,4-14H2,1-3H3. The van der Waals surface area contributed by atoms with E-state index in [9.17, 15) is 4.79 Å². The summed E-state index contributed by atoms with van der Waals surface area (Å²) in [6.07, 6.45) is 6.69. The van der Waals surface area contributed by atoms with Crippen molar-refractivity contribution in [2.45, 2.75) is 70.9 Å². The van der Waals surface area contributed by atoms with Crippen molar-refractivity contribution >= 4 is 6.09 Å². The van der Waals surface area contributed by atoms with Gasteiger partial charge < -0.3 is 14.7 Å². The summed E-state index contributed by atoms with van der Waals surface area (Å²) in [7, 11) is 0. The summed E-state index contributed by atoms with van der Waals surface area (Å²) in [4.78, 5) is 16.8. The molecule has 1 N–H and O–H groups in total. The molecule has 5 heteroatoms. The Morgan fingerprint density at radius 2 is 1.96 bits per heavy atom. The Labute approximate surface area is 141 Å². The number of rotatable bonds is 4. The number of aliphatic hydroxyl groups excluding tert-OH is 1. The first-order valence-electron chi connectivity index (χ1n) is 9.23. The zero-order chi connectivity index (χ0) is 16.9. The fourth-order valence-corrected chi connectivity index (χ4v) is 3.92. The molecular weight excluding hydrogens is 292 g/mol. The van der Waals surface area contributed by atoms with Crippen molar-refractivity contribution in [3.63, 3.8) is 0 Å². The molecule has 2 aliphatic heterocycles. The number of hydrogen-bond acceptors (Lipinski definition) is 4. The Kier molecular flexibility index (Phi) is 6.72. The zero-order valence-corrected chi connectivity index (χ0v) is 15.1. The Morgan fingerprint density at radius 3 is 2.65 bits per heavy atom. The quantitative estimate of drug-likeness (QED) is 0.863. The van der Waals surface area contributed by atoms with E-state index in [1.165, 1.54) is 25.7 Å². The van der Waals surface area contributed by atoms with E-state index in [2.05, 4.69) is 4.90 Å². The summed E-state index contributed by atoms with van der Waals surface area (Å²) in [6.45, 7) is 9.76. The molecule has 2 unspecified atom stereocenters. The highest BCUT2D eigenvalue weighted by molar-refractivity contribution is 5.68. The van der Waals surface area contributed by atoms with Crippen molar-refractivity contribution in [2.24, 2.45) is 5.92 Å². The highest BCUT2D eigenvalue weighted by Gasteiger charge is 2.35. The average molecular weight is 326 g/mol. The molecule has 0 spiro atoms. The number of likely N-dealkylation sites (tertiary alicyclic amines) is 2. The molecule has 2 aliphatic rings. The van der Waals surface area contributed by atoms with Gasteiger partial charge in [0.15, 0.2) is 0 Å². The largest absolute Gasteiger partial charge is 0.444 e. The van der Waals surface area contributed by atoms with Gasteiger partial charge in [0.25, 0.3) is 0 Å². The third-order valence-electron chi connectivity index (χ3n) is 4.92. The minimum absolute atomic E-state index is 0.167. The van der Waals surface area contributed by atoms with Crippen molar-refractivity contribution < 1.29 is 14.6 Å². The van der Waals surface area contributed by atoms with E-state index in [0.29, 0.717) is 12.0 Å². The minimum atomic E-state index is -0.429. The van der Waals surface area contributed by atoms with Crippen molar-refractivity contribution in [2.75, 3.05) is 32.8 Å². The second-order valence-corrected chi connectivity index (χ2v) is 8.00. The lowest BCUT2D eigenvalue weighted by Gasteiger charge is -2.44. The lowest BCUT2D eigenvalue weighted by Crippen LogP contribution is -2.51. The van der Waals surface area contributed by atoms with Gasteiger partial charge in [0.1, 0.15) is 5.60 Å². The van der Waals surface area contributed by atoms with E-state index >= 15 is 0 Å². The van der Waals surface area contributed by atoms with Crippen LogP contribution >= 0.6 is 0 Å². The SMILES string of the molecule is CC(C)(C)OC(=O)N1CCCC(C2CCCCN2CCCO)C1. The molecule has 0 bridgehead atoms. The summed E-state index contributed by atoms with van der Waals surface area (Å²) in [5, 5.41) is 9.12. The maximum Gasteiger partial charge on any atom is 0.410 e. The van der Waals surface area contributed by atoms with E-state index in [4.69, 9.17) is 9.84 Å². The van der Waals surface area contributed by atoms with Crippen molar-refractivity contribution in [3.05, 3.63) is 0 Å². The normalized spacial score (nSPS) is 27.0. The Morgan fingerprint density at radius 1 is 1.17 bits per heavy atom. The summed E-state index contributed by atoms with van der Waals surface area (Å²) >= 11 is 0. The number of nitrogens with zero attached hydrogens (tertiary/aromatic N) is 2. The molecule has 0 saturated carbocycles. The highest BCUT2D eigenvalue weighted by atomic mass is 16.6. The van der Waals surface area contributed by atoms with Gasteiger partial charge in [-0.15, -0.1) is 0 Å². The smallest absolute Gasteiger partial charge is 0.410 e. The first-order valence-corrected chi connectivity index (χ1v) is 9.23. The van der Waals surface area contributed by atoms with E-state index in [1.54, 1.807) is 0 Å². The second kappa shape index (κ2) is 8.34. The molecule has 2 atom stereocenters. The molecule has 0 radical (unpaired) electrons. The maximum atomic E-state index is 12.4. The molecule has 2 rings (SSSR count). The van der Waals surface area contributed by atoms with Gasteiger partial charge in [0.05, 0.1) is 0 Å². The predicted molar refractivity (Wildman–Crippen MR) is 91.4 cm³/mol. The van der Waals surface area contributed by atoms with Gasteiger partial charge in [-0.2, -0.15) is 0 Å². The van der Waals surface area contributed by atoms with Crippen LogP contribution in [0.1, 0.15) is 59.3 Å². The molecule has 0 aliphatic carbocycles. The van der Waals surface area contributed by atoms with Crippen LogP contribution in [0.3, 0.4) is 0 Å². The van der Waals surface area contributed by atoms with Crippen molar-refractivity contribution in [3.8, 4) is 0 Å². The molecule has 2 heterocycles. The molecular formula is C18H34N2O3. The Bertz CT molecular complexity index is 381. The van der Waals surface area contributed by atoms with Gasteiger partial charge in [-0.3, -0.25) is 4.90 Å². The molecule has 0 aromatic carbocycles. The summed E-state index contributed by atoms with van der Waals surface area (Å²) < 4.78 is 5.54. The van der Waals surface area contributed by atoms with E-state index in [1.807, 2.05) is 25.7 Å². The summed E-state index contributed by atoms with van der Waals surface area (Å²) in [5.74, 6) is 0.537. The Hall–Kier alpha value is -0.810. The van der Waals surface area contributed by atoms with Gasteiger partial charge in [-0.05, 0) is 65.3 Å². The van der Waals surface area contributed by atoms with Crippen LogP contribution in [0, 0.1) is 5.92 Å². The lowest BCUT2D eigenvalue weighted by molar-refractivity contribution is 0.00398. The molecule has 0 aromatic rings. The van der Waals surface area contributed by atoms with Gasteiger partial charge in [-0.1, -0.05) is 6.42 Å². The van der Waals surface area contributed by atoms with Crippen LogP contribution in [-0.2, 0) is 4.74 Å². The van der Waals surface area contributed by atoms with Crippen LogP contribution < -0.4 is 0 Å². The second-order valence-electron chi connectivity index (χ2n) is 8.00. The molecule has 134 valence electrons. The van der Waals surface area contributed by atoms with Crippen LogP contribution in [0.5, 0.6) is 0 Å². The number of hydrogen-bond donors (Lipinski definition) is 1. The number of ether oxygens (including phenoxy) is 1. The molecule has 2 saturated heterocycles. The molecule has 2 fully saturated rings. The third kappa shape index (κ3) is 5.64. The highest BCUT2D eigenvalue weighted by Crippen LogP contribution is 2.30. The number of carbonyl (C=O) groups excluding carboxylic acids is 1. The van der Waals surface area contributed by atoms with Gasteiger partial charge in [-0.25, -0.2) is 4.79 Å². The Balaban J connectivity index is 1.94. The number of carbonyl (C=O) groups is 1. The van der Waals surface area contributed by atoms with E-state index in [-0.39, 0.29) is 12.7 Å². The molecule has 1 amide bonds. The van der Waals surface area contributed by atoms with E-state index < -0.39 is 5.60 Å². The van der Waals surface area contributed by atoms with Gasteiger partial charge in [0.2, 0.25) is 0 Å². The minimum Gasteiger partial charge on any atom is -0.444 e. The molecule has 23 heavy (non-hydrogen) atoms. The van der Waals surface area contributed by atoms with Gasteiger partial charge in [0, 0.05) is 32.3 Å². The number of aliphatic hydroxyl groups is 1. The fourth-order valence-electron chi connectivity index (χ4n) is 3.92. The number of amides is 1. The number of piperidine rings is 2. The van der Waals surface area contributed by atoms with Crippen molar-refractivity contribution in [1.29, 1.82) is 0 Å². The van der Waals surface area contributed by atoms with Crippen molar-refractivity contribution in [1.82, 2.24) is 9.80 Å². The third-order valence-corrected chi connectivity index (χ3v) is 4.92. The van der Waals surface area contributed by atoms with Crippen LogP contribution in [-0.4, -0.2) is 65.4 Å². The monoisotopic (exact) mass is 326 g/mol. The zero-order valence-electron chi connectivity index (χ0n) is 15.1. The first kappa shape index (κ1) is 18.5. The lowest BCUT2D eigenvalue weighted by atomic mass is 9.84. The van der Waals surface area contributed by atoms with Crippen LogP contribution in [0.25, 0.3) is 0 Å². The maximum absolute atomic E-state index is 12.4. The average Bonchev–Trinajstić information content (AvgIpc) is 2.52. The predicted octanol–water partition coefficient (Wildman–Crippen LogP) is 2.87. The van der Waals surface area contributed by atoms with Gasteiger partial charge >= 0.3 is 6.09 Å². The van der Waals surface area contributed by atoms with Crippen LogP contribution in [0.2, 0.25) is 0 Å². The fraction of sp³-hybridized carbons (Fsp3) is 0.944. The molecule has 5 nitrogen and oxygen atoms in total. The van der Waals surface area contributed by atoms with Crippen LogP contribution in [0.15, 0.2) is 0 Å². The van der Waals surface area contributed by atoms with E-state index in [0.717, 1.165) is 39.0 Å². The first-order chi connectivity index (χ1) is 10.9. The topological polar surface area (TPSA) is 53.0 Å². The van der Waals surface area contributed by atoms with Crippen LogP contribution in [0.4, 0.5) is 4.79 Å².